The van der Waals surface area contributed by atoms with Crippen LogP contribution in [0.25, 0.3) is 10.9 Å². The summed E-state index contributed by atoms with van der Waals surface area (Å²) in [6, 6.07) is 8.49. The third kappa shape index (κ3) is 2.56. The minimum Gasteiger partial charge on any atom is -0.469 e. The van der Waals surface area contributed by atoms with Crippen LogP contribution in [0.2, 0.25) is 0 Å². The van der Waals surface area contributed by atoms with E-state index in [-0.39, 0.29) is 17.9 Å². The normalized spacial score (nSPS) is 25.9. The molecule has 0 bridgehead atoms. The minimum atomic E-state index is -0.0757. The first-order valence-corrected chi connectivity index (χ1v) is 7.61. The molecule has 2 aromatic rings. The molecule has 3 rings (SSSR count). The lowest BCUT2D eigenvalue weighted by Gasteiger charge is -2.35. The number of piperidine rings is 1. The Morgan fingerprint density at radius 3 is 2.95 bits per heavy atom. The highest BCUT2D eigenvalue weighted by Gasteiger charge is 2.35. The first-order chi connectivity index (χ1) is 10.2. The van der Waals surface area contributed by atoms with Gasteiger partial charge in [0.05, 0.1) is 13.0 Å². The number of esters is 1. The number of nitrogens with one attached hydrogen (secondary N) is 2. The highest BCUT2D eigenvalue weighted by Crippen LogP contribution is 2.35. The predicted octanol–water partition coefficient (Wildman–Crippen LogP) is 3.02. The molecule has 2 N–H and O–H groups in total. The van der Waals surface area contributed by atoms with Gasteiger partial charge in [-0.05, 0) is 30.5 Å². The number of carbonyl (C=O) groups is 1. The smallest absolute Gasteiger partial charge is 0.309 e. The summed E-state index contributed by atoms with van der Waals surface area (Å²) in [5.41, 5.74) is 2.38. The van der Waals surface area contributed by atoms with Gasteiger partial charge in [0.15, 0.2) is 0 Å². The zero-order valence-electron chi connectivity index (χ0n) is 12.6. The number of hydrogen-bond acceptors (Lipinski definition) is 3. The fraction of sp³-hybridized carbons (Fsp3) is 0.471. The Hall–Kier alpha value is -1.81. The SMILES string of the molecule is CC[C@@H]1CN[C@@H](c2c[nH]c3ccccc23)C[C@@H]1C(=O)OC. The largest absolute Gasteiger partial charge is 0.469 e. The van der Waals surface area contributed by atoms with Gasteiger partial charge in [-0.1, -0.05) is 31.5 Å². The van der Waals surface area contributed by atoms with Gasteiger partial charge in [-0.3, -0.25) is 4.79 Å². The number of methoxy groups -OCH3 is 1. The molecule has 0 aliphatic carbocycles. The van der Waals surface area contributed by atoms with Gasteiger partial charge in [-0.15, -0.1) is 0 Å². The number of ether oxygens (including phenoxy) is 1. The summed E-state index contributed by atoms with van der Waals surface area (Å²) >= 11 is 0. The van der Waals surface area contributed by atoms with Crippen molar-refractivity contribution >= 4 is 16.9 Å². The van der Waals surface area contributed by atoms with Gasteiger partial charge >= 0.3 is 5.97 Å². The van der Waals surface area contributed by atoms with E-state index in [4.69, 9.17) is 4.74 Å². The van der Waals surface area contributed by atoms with Crippen molar-refractivity contribution in [2.24, 2.45) is 11.8 Å². The van der Waals surface area contributed by atoms with Crippen molar-refractivity contribution in [2.75, 3.05) is 13.7 Å². The number of rotatable bonds is 3. The number of aromatic amines is 1. The molecule has 0 spiro atoms. The standard InChI is InChI=1S/C17H22N2O2/c1-3-11-9-18-16(8-13(11)17(20)21-2)14-10-19-15-7-5-4-6-12(14)15/h4-7,10-11,13,16,18-19H,3,8-9H2,1-2H3/t11-,13+,16-/m1/s1. The third-order valence-electron chi connectivity index (χ3n) is 4.71. The number of fused-ring (bicyclic) bond motifs is 1. The van der Waals surface area contributed by atoms with Gasteiger partial charge in [0.25, 0.3) is 0 Å². The molecular formula is C17H22N2O2. The monoisotopic (exact) mass is 286 g/mol. The van der Waals surface area contributed by atoms with Crippen LogP contribution < -0.4 is 5.32 Å². The highest BCUT2D eigenvalue weighted by atomic mass is 16.5. The molecule has 1 aliphatic rings. The molecule has 1 aromatic heterocycles. The summed E-state index contributed by atoms with van der Waals surface area (Å²) in [4.78, 5) is 15.4. The fourth-order valence-electron chi connectivity index (χ4n) is 3.45. The van der Waals surface area contributed by atoms with Crippen molar-refractivity contribution in [1.82, 2.24) is 10.3 Å². The first kappa shape index (κ1) is 14.1. The van der Waals surface area contributed by atoms with Gasteiger partial charge in [0.1, 0.15) is 0 Å². The van der Waals surface area contributed by atoms with E-state index in [1.54, 1.807) is 0 Å². The van der Waals surface area contributed by atoms with Crippen molar-refractivity contribution in [3.63, 3.8) is 0 Å². The van der Waals surface area contributed by atoms with Crippen LogP contribution in [0.3, 0.4) is 0 Å². The maximum Gasteiger partial charge on any atom is 0.309 e. The molecule has 1 fully saturated rings. The number of hydrogen-bond donors (Lipinski definition) is 2. The second-order valence-electron chi connectivity index (χ2n) is 5.78. The number of H-pyrrole nitrogens is 1. The summed E-state index contributed by atoms with van der Waals surface area (Å²) in [6.45, 7) is 2.99. The molecule has 1 saturated heterocycles. The summed E-state index contributed by atoms with van der Waals surface area (Å²) in [7, 11) is 1.48. The second kappa shape index (κ2) is 5.90. The molecule has 0 saturated carbocycles. The Labute approximate surface area is 124 Å². The lowest BCUT2D eigenvalue weighted by atomic mass is 9.80. The average Bonchev–Trinajstić information content (AvgIpc) is 2.97. The summed E-state index contributed by atoms with van der Waals surface area (Å²) in [5, 5.41) is 4.83. The van der Waals surface area contributed by atoms with E-state index in [0.717, 1.165) is 24.9 Å². The Morgan fingerprint density at radius 2 is 2.19 bits per heavy atom. The van der Waals surface area contributed by atoms with Crippen molar-refractivity contribution in [3.8, 4) is 0 Å². The second-order valence-corrected chi connectivity index (χ2v) is 5.78. The Bertz CT molecular complexity index is 635. The third-order valence-corrected chi connectivity index (χ3v) is 4.71. The summed E-state index contributed by atoms with van der Waals surface area (Å²) in [6.07, 6.45) is 3.85. The molecule has 0 unspecified atom stereocenters. The number of benzene rings is 1. The van der Waals surface area contributed by atoms with E-state index in [9.17, 15) is 4.79 Å². The molecule has 0 radical (unpaired) electrons. The number of para-hydroxylation sites is 1. The number of aromatic nitrogens is 1. The molecule has 1 aliphatic heterocycles. The Morgan fingerprint density at radius 1 is 1.38 bits per heavy atom. The molecule has 4 nitrogen and oxygen atoms in total. The van der Waals surface area contributed by atoms with Crippen LogP contribution in [0.15, 0.2) is 30.5 Å². The summed E-state index contributed by atoms with van der Waals surface area (Å²) in [5.74, 6) is 0.270. The topological polar surface area (TPSA) is 54.1 Å². The van der Waals surface area contributed by atoms with E-state index >= 15 is 0 Å². The summed E-state index contributed by atoms with van der Waals surface area (Å²) < 4.78 is 5.00. The van der Waals surface area contributed by atoms with E-state index in [0.29, 0.717) is 5.92 Å². The lowest BCUT2D eigenvalue weighted by Crippen LogP contribution is -2.42. The van der Waals surface area contributed by atoms with Crippen LogP contribution in [-0.4, -0.2) is 24.6 Å². The molecule has 21 heavy (non-hydrogen) atoms. The van der Waals surface area contributed by atoms with Crippen molar-refractivity contribution < 1.29 is 9.53 Å². The van der Waals surface area contributed by atoms with Crippen molar-refractivity contribution in [2.45, 2.75) is 25.8 Å². The Balaban J connectivity index is 1.88. The maximum absolute atomic E-state index is 12.1. The van der Waals surface area contributed by atoms with Crippen LogP contribution >= 0.6 is 0 Å². The Kier molecular flexibility index (Phi) is 3.97. The van der Waals surface area contributed by atoms with E-state index in [2.05, 4.69) is 41.6 Å². The molecule has 1 aromatic carbocycles. The molecule has 112 valence electrons. The quantitative estimate of drug-likeness (QED) is 0.853. The average molecular weight is 286 g/mol. The molecule has 3 atom stereocenters. The highest BCUT2D eigenvalue weighted by molar-refractivity contribution is 5.83. The van der Waals surface area contributed by atoms with Crippen molar-refractivity contribution in [3.05, 3.63) is 36.0 Å². The molecule has 2 heterocycles. The molecule has 4 heteroatoms. The van der Waals surface area contributed by atoms with E-state index in [1.165, 1.54) is 18.1 Å². The maximum atomic E-state index is 12.1. The van der Waals surface area contributed by atoms with Crippen LogP contribution in [0.5, 0.6) is 0 Å². The van der Waals surface area contributed by atoms with Crippen LogP contribution in [-0.2, 0) is 9.53 Å². The van der Waals surface area contributed by atoms with Gasteiger partial charge in [-0.25, -0.2) is 0 Å². The lowest BCUT2D eigenvalue weighted by molar-refractivity contribution is -0.149. The fourth-order valence-corrected chi connectivity index (χ4v) is 3.45. The van der Waals surface area contributed by atoms with Crippen LogP contribution in [0.4, 0.5) is 0 Å². The van der Waals surface area contributed by atoms with E-state index in [1.807, 2.05) is 6.07 Å². The minimum absolute atomic E-state index is 0.0140. The van der Waals surface area contributed by atoms with E-state index < -0.39 is 0 Å². The zero-order chi connectivity index (χ0) is 14.8. The molecule has 0 amide bonds. The van der Waals surface area contributed by atoms with Gasteiger partial charge in [0.2, 0.25) is 0 Å². The zero-order valence-corrected chi connectivity index (χ0v) is 12.6. The van der Waals surface area contributed by atoms with Crippen LogP contribution in [0.1, 0.15) is 31.4 Å². The first-order valence-electron chi connectivity index (χ1n) is 7.61. The van der Waals surface area contributed by atoms with Crippen LogP contribution in [0, 0.1) is 11.8 Å². The van der Waals surface area contributed by atoms with Crippen molar-refractivity contribution in [1.29, 1.82) is 0 Å². The molecular weight excluding hydrogens is 264 g/mol. The number of carbonyl (C=O) groups excluding carboxylic acids is 1. The van der Waals surface area contributed by atoms with Gasteiger partial charge < -0.3 is 15.0 Å². The predicted molar refractivity (Wildman–Crippen MR) is 82.9 cm³/mol. The van der Waals surface area contributed by atoms with Gasteiger partial charge in [0, 0.05) is 23.1 Å². The van der Waals surface area contributed by atoms with Gasteiger partial charge in [-0.2, -0.15) is 0 Å².